The minimum Gasteiger partial charge on any atom is -0.335 e. The van der Waals surface area contributed by atoms with Gasteiger partial charge in [0, 0.05) is 17.8 Å². The summed E-state index contributed by atoms with van der Waals surface area (Å²) < 4.78 is 0. The number of benzene rings is 1. The highest BCUT2D eigenvalue weighted by atomic mass is 32.1. The first-order chi connectivity index (χ1) is 9.84. The van der Waals surface area contributed by atoms with Crippen molar-refractivity contribution in [1.29, 1.82) is 0 Å². The van der Waals surface area contributed by atoms with E-state index in [9.17, 15) is 4.79 Å². The van der Waals surface area contributed by atoms with E-state index in [1.54, 1.807) is 11.3 Å². The number of likely N-dealkylation sites (tertiary alicyclic amines) is 1. The summed E-state index contributed by atoms with van der Waals surface area (Å²) >= 11 is 1.76. The maximum Gasteiger partial charge on any atom is 0.223 e. The van der Waals surface area contributed by atoms with Gasteiger partial charge in [-0.15, -0.1) is 11.3 Å². The third-order valence-corrected chi connectivity index (χ3v) is 4.89. The molecule has 20 heavy (non-hydrogen) atoms. The van der Waals surface area contributed by atoms with Crippen LogP contribution in [-0.2, 0) is 11.2 Å². The van der Waals surface area contributed by atoms with Gasteiger partial charge in [-0.1, -0.05) is 36.4 Å². The Labute approximate surface area is 124 Å². The highest BCUT2D eigenvalue weighted by Crippen LogP contribution is 2.34. The Kier molecular flexibility index (Phi) is 4.16. The Morgan fingerprint density at radius 2 is 2.05 bits per heavy atom. The molecule has 1 aliphatic rings. The Balaban J connectivity index is 1.62. The zero-order valence-corrected chi connectivity index (χ0v) is 12.3. The fourth-order valence-electron chi connectivity index (χ4n) is 2.88. The van der Waals surface area contributed by atoms with E-state index in [2.05, 4.69) is 34.5 Å². The van der Waals surface area contributed by atoms with Crippen LogP contribution in [0.1, 0.15) is 35.7 Å². The van der Waals surface area contributed by atoms with Crippen molar-refractivity contribution >= 4 is 17.2 Å². The maximum atomic E-state index is 12.5. The number of amides is 1. The summed E-state index contributed by atoms with van der Waals surface area (Å²) in [6.07, 6.45) is 3.69. The third kappa shape index (κ3) is 2.93. The van der Waals surface area contributed by atoms with E-state index < -0.39 is 0 Å². The number of hydrogen-bond acceptors (Lipinski definition) is 2. The molecular formula is C17H19NOS. The lowest BCUT2D eigenvalue weighted by molar-refractivity contribution is -0.132. The normalized spacial score (nSPS) is 18.4. The molecule has 0 aliphatic carbocycles. The van der Waals surface area contributed by atoms with Crippen molar-refractivity contribution in [3.8, 4) is 0 Å². The van der Waals surface area contributed by atoms with E-state index in [0.717, 1.165) is 25.8 Å². The maximum absolute atomic E-state index is 12.5. The summed E-state index contributed by atoms with van der Waals surface area (Å²) in [5.74, 6) is 0.296. The van der Waals surface area contributed by atoms with Crippen molar-refractivity contribution in [2.75, 3.05) is 6.54 Å². The molecule has 0 radical (unpaired) electrons. The number of carbonyl (C=O) groups excluding carboxylic acids is 1. The lowest BCUT2D eigenvalue weighted by Crippen LogP contribution is -2.30. The zero-order chi connectivity index (χ0) is 13.8. The van der Waals surface area contributed by atoms with Crippen molar-refractivity contribution in [3.05, 3.63) is 58.3 Å². The van der Waals surface area contributed by atoms with Crippen molar-refractivity contribution in [2.24, 2.45) is 0 Å². The molecule has 1 atom stereocenters. The van der Waals surface area contributed by atoms with Crippen LogP contribution in [0.3, 0.4) is 0 Å². The number of hydrogen-bond donors (Lipinski definition) is 0. The fraction of sp³-hybridized carbons (Fsp3) is 0.353. The van der Waals surface area contributed by atoms with Gasteiger partial charge in [0.25, 0.3) is 0 Å². The second kappa shape index (κ2) is 6.23. The molecule has 104 valence electrons. The van der Waals surface area contributed by atoms with Gasteiger partial charge in [0.1, 0.15) is 0 Å². The second-order valence-corrected chi connectivity index (χ2v) is 6.23. The van der Waals surface area contributed by atoms with Gasteiger partial charge in [-0.25, -0.2) is 0 Å². The number of thiophene rings is 1. The molecule has 2 nitrogen and oxygen atoms in total. The first-order valence-electron chi connectivity index (χ1n) is 7.21. The van der Waals surface area contributed by atoms with E-state index in [1.807, 2.05) is 18.2 Å². The molecule has 2 aromatic rings. The van der Waals surface area contributed by atoms with Crippen molar-refractivity contribution in [2.45, 2.75) is 31.7 Å². The molecule has 0 saturated carbocycles. The Hall–Kier alpha value is -1.61. The van der Waals surface area contributed by atoms with Crippen LogP contribution in [0, 0.1) is 0 Å². The average molecular weight is 285 g/mol. The van der Waals surface area contributed by atoms with Crippen LogP contribution in [0.4, 0.5) is 0 Å². The predicted octanol–water partition coefficient (Wildman–Crippen LogP) is 4.04. The van der Waals surface area contributed by atoms with Crippen LogP contribution < -0.4 is 0 Å². The number of carbonyl (C=O) groups is 1. The van der Waals surface area contributed by atoms with Gasteiger partial charge in [-0.05, 0) is 36.3 Å². The van der Waals surface area contributed by atoms with Gasteiger partial charge >= 0.3 is 0 Å². The molecule has 1 saturated heterocycles. The average Bonchev–Trinajstić information content (AvgIpc) is 3.15. The number of aryl methyl sites for hydroxylation is 1. The second-order valence-electron chi connectivity index (χ2n) is 5.25. The minimum atomic E-state index is 0.296. The summed E-state index contributed by atoms with van der Waals surface area (Å²) in [5, 5.41) is 2.10. The quantitative estimate of drug-likeness (QED) is 0.830. The topological polar surface area (TPSA) is 20.3 Å². The van der Waals surface area contributed by atoms with Crippen LogP contribution in [0.25, 0.3) is 0 Å². The molecular weight excluding hydrogens is 266 g/mol. The highest BCUT2D eigenvalue weighted by Gasteiger charge is 2.29. The van der Waals surface area contributed by atoms with E-state index >= 15 is 0 Å². The molecule has 1 aromatic heterocycles. The largest absolute Gasteiger partial charge is 0.335 e. The molecule has 3 heteroatoms. The molecule has 3 rings (SSSR count). The Morgan fingerprint density at radius 3 is 2.80 bits per heavy atom. The summed E-state index contributed by atoms with van der Waals surface area (Å²) in [6, 6.07) is 14.8. The SMILES string of the molecule is O=C(CCc1ccccc1)N1CCC[C@@H]1c1cccs1. The van der Waals surface area contributed by atoms with Gasteiger partial charge in [-0.3, -0.25) is 4.79 Å². The molecule has 1 aliphatic heterocycles. The molecule has 0 N–H and O–H groups in total. The van der Waals surface area contributed by atoms with Gasteiger partial charge in [0.05, 0.1) is 6.04 Å². The van der Waals surface area contributed by atoms with Crippen LogP contribution in [0.2, 0.25) is 0 Å². The Bertz CT molecular complexity index is 550. The zero-order valence-electron chi connectivity index (χ0n) is 11.5. The van der Waals surface area contributed by atoms with E-state index in [4.69, 9.17) is 0 Å². The van der Waals surface area contributed by atoms with Crippen molar-refractivity contribution in [1.82, 2.24) is 4.90 Å². The smallest absolute Gasteiger partial charge is 0.223 e. The van der Waals surface area contributed by atoms with Crippen molar-refractivity contribution < 1.29 is 4.79 Å². The summed E-state index contributed by atoms with van der Waals surface area (Å²) in [6.45, 7) is 0.913. The van der Waals surface area contributed by atoms with E-state index in [-0.39, 0.29) is 0 Å². The number of nitrogens with zero attached hydrogens (tertiary/aromatic N) is 1. The van der Waals surface area contributed by atoms with Crippen LogP contribution in [0.15, 0.2) is 47.8 Å². The van der Waals surface area contributed by atoms with Gasteiger partial charge in [-0.2, -0.15) is 0 Å². The molecule has 2 heterocycles. The van der Waals surface area contributed by atoms with E-state index in [1.165, 1.54) is 10.4 Å². The van der Waals surface area contributed by atoms with Crippen molar-refractivity contribution in [3.63, 3.8) is 0 Å². The molecule has 1 aromatic carbocycles. The Morgan fingerprint density at radius 1 is 1.20 bits per heavy atom. The molecule has 1 fully saturated rings. The highest BCUT2D eigenvalue weighted by molar-refractivity contribution is 7.10. The summed E-state index contributed by atoms with van der Waals surface area (Å²) in [4.78, 5) is 15.9. The number of rotatable bonds is 4. The fourth-order valence-corrected chi connectivity index (χ4v) is 3.76. The third-order valence-electron chi connectivity index (χ3n) is 3.92. The molecule has 0 spiro atoms. The first kappa shape index (κ1) is 13.4. The first-order valence-corrected chi connectivity index (χ1v) is 8.09. The van der Waals surface area contributed by atoms with Gasteiger partial charge < -0.3 is 4.90 Å². The van der Waals surface area contributed by atoms with Crippen LogP contribution in [0.5, 0.6) is 0 Å². The summed E-state index contributed by atoms with van der Waals surface area (Å²) in [5.41, 5.74) is 1.24. The lowest BCUT2D eigenvalue weighted by atomic mass is 10.1. The van der Waals surface area contributed by atoms with E-state index in [0.29, 0.717) is 18.4 Å². The standard InChI is InChI=1S/C17H19NOS/c19-17(11-10-14-6-2-1-3-7-14)18-12-4-8-15(18)16-9-5-13-20-16/h1-3,5-7,9,13,15H,4,8,10-12H2/t15-/m1/s1. The minimum absolute atomic E-state index is 0.296. The molecule has 0 bridgehead atoms. The van der Waals surface area contributed by atoms with Gasteiger partial charge in [0.2, 0.25) is 5.91 Å². The lowest BCUT2D eigenvalue weighted by Gasteiger charge is -2.24. The predicted molar refractivity (Wildman–Crippen MR) is 82.8 cm³/mol. The van der Waals surface area contributed by atoms with Crippen LogP contribution in [-0.4, -0.2) is 17.4 Å². The van der Waals surface area contributed by atoms with Crippen LogP contribution >= 0.6 is 11.3 Å². The monoisotopic (exact) mass is 285 g/mol. The molecule has 0 unspecified atom stereocenters. The molecule has 1 amide bonds. The van der Waals surface area contributed by atoms with Gasteiger partial charge in [0.15, 0.2) is 0 Å². The summed E-state index contributed by atoms with van der Waals surface area (Å²) in [7, 11) is 0.